The molecule has 0 aromatic rings. The zero-order valence-corrected chi connectivity index (χ0v) is 11.5. The first kappa shape index (κ1) is 16.6. The molecular formula is C12H20ClF3N2O. The summed E-state index contributed by atoms with van der Waals surface area (Å²) in [6.45, 7) is 1.08. The molecule has 0 aromatic heterocycles. The van der Waals surface area contributed by atoms with Gasteiger partial charge in [-0.1, -0.05) is 6.42 Å². The Morgan fingerprint density at radius 2 is 1.89 bits per heavy atom. The standard InChI is InChI=1S/C12H19F3N2O.ClH/c13-12(14,15)9-3-1-2-8(6-9)11(18)17-5-4-10(16)7-17;/h8-10H,1-7,16H2;1H/t8?,9?,10-;/m0./s1. The molecule has 0 radical (unpaired) electrons. The molecule has 0 spiro atoms. The van der Waals surface area contributed by atoms with Gasteiger partial charge in [-0.2, -0.15) is 13.2 Å². The van der Waals surface area contributed by atoms with Crippen molar-refractivity contribution in [3.8, 4) is 0 Å². The van der Waals surface area contributed by atoms with Crippen molar-refractivity contribution >= 4 is 18.3 Å². The van der Waals surface area contributed by atoms with E-state index in [-0.39, 0.29) is 37.2 Å². The van der Waals surface area contributed by atoms with Crippen LogP contribution in [0, 0.1) is 11.8 Å². The van der Waals surface area contributed by atoms with Gasteiger partial charge in [0, 0.05) is 25.0 Å². The quantitative estimate of drug-likeness (QED) is 0.808. The van der Waals surface area contributed by atoms with Crippen LogP contribution < -0.4 is 5.73 Å². The number of nitrogens with two attached hydrogens (primary N) is 1. The number of likely N-dealkylation sites (tertiary alicyclic amines) is 1. The van der Waals surface area contributed by atoms with Crippen molar-refractivity contribution in [2.45, 2.75) is 44.3 Å². The Morgan fingerprint density at radius 1 is 1.21 bits per heavy atom. The van der Waals surface area contributed by atoms with Gasteiger partial charge >= 0.3 is 6.18 Å². The van der Waals surface area contributed by atoms with E-state index >= 15 is 0 Å². The SMILES string of the molecule is Cl.N[C@H]1CCN(C(=O)C2CCCC(C(F)(F)F)C2)C1. The molecule has 0 bridgehead atoms. The minimum atomic E-state index is -4.17. The number of halogens is 4. The Kier molecular flexibility index (Phi) is 5.50. The summed E-state index contributed by atoms with van der Waals surface area (Å²) in [6.07, 6.45) is -2.24. The van der Waals surface area contributed by atoms with Crippen LogP contribution >= 0.6 is 12.4 Å². The first-order valence-electron chi connectivity index (χ1n) is 6.49. The Hall–Kier alpha value is -0.490. The minimum absolute atomic E-state index is 0. The van der Waals surface area contributed by atoms with E-state index in [0.29, 0.717) is 25.9 Å². The number of hydrogen-bond donors (Lipinski definition) is 1. The van der Waals surface area contributed by atoms with Gasteiger partial charge in [0.25, 0.3) is 0 Å². The normalized spacial score (nSPS) is 32.0. The highest BCUT2D eigenvalue weighted by atomic mass is 35.5. The second kappa shape index (κ2) is 6.31. The molecule has 1 aliphatic carbocycles. The summed E-state index contributed by atoms with van der Waals surface area (Å²) in [5.41, 5.74) is 5.72. The molecule has 2 fully saturated rings. The molecule has 1 saturated carbocycles. The number of hydrogen-bond acceptors (Lipinski definition) is 2. The lowest BCUT2D eigenvalue weighted by molar-refractivity contribution is -0.187. The van der Waals surface area contributed by atoms with Crippen LogP contribution in [0.3, 0.4) is 0 Å². The second-order valence-corrected chi connectivity index (χ2v) is 5.44. The van der Waals surface area contributed by atoms with E-state index < -0.39 is 18.0 Å². The van der Waals surface area contributed by atoms with Crippen molar-refractivity contribution in [1.82, 2.24) is 4.90 Å². The molecule has 3 nitrogen and oxygen atoms in total. The molecule has 2 N–H and O–H groups in total. The van der Waals surface area contributed by atoms with Gasteiger partial charge in [-0.3, -0.25) is 4.79 Å². The lowest BCUT2D eigenvalue weighted by Crippen LogP contribution is -2.40. The molecule has 2 rings (SSSR count). The summed E-state index contributed by atoms with van der Waals surface area (Å²) in [6, 6.07) is -0.0176. The first-order chi connectivity index (χ1) is 8.38. The molecule has 0 aromatic carbocycles. The maximum atomic E-state index is 12.7. The molecule has 19 heavy (non-hydrogen) atoms. The van der Waals surface area contributed by atoms with Gasteiger partial charge in [0.15, 0.2) is 0 Å². The second-order valence-electron chi connectivity index (χ2n) is 5.44. The average Bonchev–Trinajstić information content (AvgIpc) is 2.74. The van der Waals surface area contributed by atoms with Crippen molar-refractivity contribution in [3.05, 3.63) is 0 Å². The third kappa shape index (κ3) is 3.99. The summed E-state index contributed by atoms with van der Waals surface area (Å²) in [4.78, 5) is 13.8. The highest BCUT2D eigenvalue weighted by Gasteiger charge is 2.44. The smallest absolute Gasteiger partial charge is 0.341 e. The first-order valence-corrected chi connectivity index (χ1v) is 6.49. The van der Waals surface area contributed by atoms with Crippen LogP contribution in [0.15, 0.2) is 0 Å². The summed E-state index contributed by atoms with van der Waals surface area (Å²) in [5.74, 6) is -1.90. The van der Waals surface area contributed by atoms with Gasteiger partial charge in [0.1, 0.15) is 0 Å². The van der Waals surface area contributed by atoms with E-state index in [4.69, 9.17) is 5.73 Å². The fourth-order valence-corrected chi connectivity index (χ4v) is 2.96. The number of carbonyl (C=O) groups is 1. The van der Waals surface area contributed by atoms with E-state index in [2.05, 4.69) is 0 Å². The van der Waals surface area contributed by atoms with Gasteiger partial charge in [-0.25, -0.2) is 0 Å². The zero-order valence-electron chi connectivity index (χ0n) is 10.7. The van der Waals surface area contributed by atoms with E-state index in [0.717, 1.165) is 6.42 Å². The molecular weight excluding hydrogens is 281 g/mol. The molecule has 1 saturated heterocycles. The van der Waals surface area contributed by atoms with Gasteiger partial charge in [0.05, 0.1) is 5.92 Å². The monoisotopic (exact) mass is 300 g/mol. The summed E-state index contributed by atoms with van der Waals surface area (Å²) < 4.78 is 38.0. The Morgan fingerprint density at radius 3 is 2.42 bits per heavy atom. The molecule has 2 unspecified atom stereocenters. The summed E-state index contributed by atoms with van der Waals surface area (Å²) >= 11 is 0. The number of rotatable bonds is 1. The maximum absolute atomic E-state index is 12.7. The Labute approximate surface area is 117 Å². The largest absolute Gasteiger partial charge is 0.391 e. The number of amides is 1. The maximum Gasteiger partial charge on any atom is 0.391 e. The fourth-order valence-electron chi connectivity index (χ4n) is 2.96. The van der Waals surface area contributed by atoms with E-state index in [9.17, 15) is 18.0 Å². The number of nitrogens with zero attached hydrogens (tertiary/aromatic N) is 1. The van der Waals surface area contributed by atoms with Gasteiger partial charge in [-0.05, 0) is 25.7 Å². The molecule has 112 valence electrons. The fraction of sp³-hybridized carbons (Fsp3) is 0.917. The van der Waals surface area contributed by atoms with Crippen molar-refractivity contribution in [1.29, 1.82) is 0 Å². The number of carbonyl (C=O) groups excluding carboxylic acids is 1. The number of alkyl halides is 3. The molecule has 2 aliphatic rings. The van der Waals surface area contributed by atoms with Crippen molar-refractivity contribution in [2.24, 2.45) is 17.6 Å². The molecule has 3 atom stereocenters. The van der Waals surface area contributed by atoms with Gasteiger partial charge in [-0.15, -0.1) is 12.4 Å². The minimum Gasteiger partial charge on any atom is -0.341 e. The summed E-state index contributed by atoms with van der Waals surface area (Å²) in [5, 5.41) is 0. The predicted molar refractivity (Wildman–Crippen MR) is 67.9 cm³/mol. The van der Waals surface area contributed by atoms with Crippen molar-refractivity contribution < 1.29 is 18.0 Å². The van der Waals surface area contributed by atoms with Gasteiger partial charge < -0.3 is 10.6 Å². The Bertz CT molecular complexity index is 325. The van der Waals surface area contributed by atoms with Crippen LogP contribution in [0.5, 0.6) is 0 Å². The third-order valence-electron chi connectivity index (χ3n) is 4.02. The molecule has 1 aliphatic heterocycles. The highest BCUT2D eigenvalue weighted by Crippen LogP contribution is 2.40. The third-order valence-corrected chi connectivity index (χ3v) is 4.02. The van der Waals surface area contributed by atoms with Crippen LogP contribution in [0.1, 0.15) is 32.1 Å². The summed E-state index contributed by atoms with van der Waals surface area (Å²) in [7, 11) is 0. The zero-order chi connectivity index (χ0) is 13.3. The van der Waals surface area contributed by atoms with E-state index in [1.54, 1.807) is 4.90 Å². The van der Waals surface area contributed by atoms with Crippen molar-refractivity contribution in [3.63, 3.8) is 0 Å². The van der Waals surface area contributed by atoms with Gasteiger partial charge in [0.2, 0.25) is 5.91 Å². The lowest BCUT2D eigenvalue weighted by atomic mass is 9.80. The molecule has 1 heterocycles. The van der Waals surface area contributed by atoms with Crippen LogP contribution in [0.4, 0.5) is 13.2 Å². The van der Waals surface area contributed by atoms with Crippen LogP contribution in [0.25, 0.3) is 0 Å². The molecule has 1 amide bonds. The lowest BCUT2D eigenvalue weighted by Gasteiger charge is -2.32. The molecule has 7 heteroatoms. The van der Waals surface area contributed by atoms with Crippen LogP contribution in [0.2, 0.25) is 0 Å². The van der Waals surface area contributed by atoms with Crippen LogP contribution in [-0.4, -0.2) is 36.1 Å². The van der Waals surface area contributed by atoms with E-state index in [1.165, 1.54) is 0 Å². The van der Waals surface area contributed by atoms with Crippen molar-refractivity contribution in [2.75, 3.05) is 13.1 Å². The topological polar surface area (TPSA) is 46.3 Å². The average molecular weight is 301 g/mol. The van der Waals surface area contributed by atoms with Crippen LogP contribution in [-0.2, 0) is 4.79 Å². The predicted octanol–water partition coefficient (Wildman–Crippen LogP) is 2.34. The highest BCUT2D eigenvalue weighted by molar-refractivity contribution is 5.85. The Balaban J connectivity index is 0.00000180. The van der Waals surface area contributed by atoms with E-state index in [1.807, 2.05) is 0 Å².